The zero-order chi connectivity index (χ0) is 12.7. The molecule has 0 spiro atoms. The second kappa shape index (κ2) is 7.67. The lowest BCUT2D eigenvalue weighted by atomic mass is 9.97. The van der Waals surface area contributed by atoms with Crippen molar-refractivity contribution in [3.63, 3.8) is 0 Å². The lowest BCUT2D eigenvalue weighted by Crippen LogP contribution is -2.37. The van der Waals surface area contributed by atoms with Crippen LogP contribution in [-0.2, 0) is 9.53 Å². The number of carbonyl (C=O) groups excluding carboxylic acids is 1. The molecule has 1 aliphatic rings. The molecule has 100 valence electrons. The van der Waals surface area contributed by atoms with Gasteiger partial charge in [-0.1, -0.05) is 6.92 Å². The highest BCUT2D eigenvalue weighted by Crippen LogP contribution is 2.14. The highest BCUT2D eigenvalue weighted by Gasteiger charge is 2.19. The quantitative estimate of drug-likeness (QED) is 0.759. The first-order valence-electron chi connectivity index (χ1n) is 6.57. The van der Waals surface area contributed by atoms with Crippen LogP contribution in [0, 0.1) is 11.8 Å². The van der Waals surface area contributed by atoms with Crippen LogP contribution in [0.4, 0.5) is 0 Å². The molecule has 0 aliphatic carbocycles. The predicted molar refractivity (Wildman–Crippen MR) is 68.9 cm³/mol. The molecule has 1 heterocycles. The van der Waals surface area contributed by atoms with Gasteiger partial charge < -0.3 is 15.0 Å². The van der Waals surface area contributed by atoms with Crippen LogP contribution in [0.5, 0.6) is 0 Å². The Labute approximate surface area is 105 Å². The molecule has 1 N–H and O–H groups in total. The molecular formula is C13H26N2O2. The van der Waals surface area contributed by atoms with Gasteiger partial charge in [0.1, 0.15) is 0 Å². The number of carbonyl (C=O) groups is 1. The first-order chi connectivity index (χ1) is 8.13. The Hall–Kier alpha value is -0.610. The van der Waals surface area contributed by atoms with Crippen molar-refractivity contribution < 1.29 is 9.53 Å². The Morgan fingerprint density at radius 2 is 2.12 bits per heavy atom. The molecular weight excluding hydrogens is 216 g/mol. The minimum atomic E-state index is 0.244. The Kier molecular flexibility index (Phi) is 6.52. The maximum atomic E-state index is 12.0. The molecule has 1 fully saturated rings. The van der Waals surface area contributed by atoms with Crippen LogP contribution in [-0.4, -0.2) is 51.2 Å². The first kappa shape index (κ1) is 14.5. The molecule has 0 aromatic carbocycles. The molecule has 17 heavy (non-hydrogen) atoms. The number of rotatable bonds is 6. The molecule has 1 saturated heterocycles. The molecule has 1 rings (SSSR count). The third-order valence-corrected chi connectivity index (χ3v) is 3.39. The summed E-state index contributed by atoms with van der Waals surface area (Å²) in [5, 5.41) is 3.35. The molecule has 0 radical (unpaired) electrons. The van der Waals surface area contributed by atoms with E-state index in [-0.39, 0.29) is 5.91 Å². The smallest absolute Gasteiger partial charge is 0.222 e. The van der Waals surface area contributed by atoms with Gasteiger partial charge in [-0.3, -0.25) is 4.79 Å². The molecule has 1 amide bonds. The summed E-state index contributed by atoms with van der Waals surface area (Å²) >= 11 is 0. The average molecular weight is 242 g/mol. The Morgan fingerprint density at radius 3 is 2.71 bits per heavy atom. The summed E-state index contributed by atoms with van der Waals surface area (Å²) in [4.78, 5) is 13.8. The first-order valence-corrected chi connectivity index (χ1v) is 6.57. The zero-order valence-corrected chi connectivity index (χ0v) is 11.4. The summed E-state index contributed by atoms with van der Waals surface area (Å²) in [6.45, 7) is 5.80. The molecule has 0 saturated carbocycles. The van der Waals surface area contributed by atoms with Gasteiger partial charge in [0.2, 0.25) is 5.91 Å². The van der Waals surface area contributed by atoms with Crippen molar-refractivity contribution >= 4 is 5.91 Å². The van der Waals surface area contributed by atoms with Gasteiger partial charge >= 0.3 is 0 Å². The van der Waals surface area contributed by atoms with E-state index in [0.717, 1.165) is 19.6 Å². The van der Waals surface area contributed by atoms with Crippen molar-refractivity contribution in [2.45, 2.75) is 26.2 Å². The summed E-state index contributed by atoms with van der Waals surface area (Å²) in [7, 11) is 3.60. The van der Waals surface area contributed by atoms with E-state index in [0.29, 0.717) is 24.9 Å². The van der Waals surface area contributed by atoms with E-state index in [1.54, 1.807) is 7.11 Å². The summed E-state index contributed by atoms with van der Waals surface area (Å²) in [6.07, 6.45) is 2.96. The Bertz CT molecular complexity index is 227. The van der Waals surface area contributed by atoms with E-state index < -0.39 is 0 Å². The average Bonchev–Trinajstić information content (AvgIpc) is 2.30. The van der Waals surface area contributed by atoms with Crippen molar-refractivity contribution in [3.8, 4) is 0 Å². The molecule has 4 heteroatoms. The molecule has 1 atom stereocenters. The van der Waals surface area contributed by atoms with Gasteiger partial charge in [-0.2, -0.15) is 0 Å². The molecule has 0 aromatic rings. The van der Waals surface area contributed by atoms with Gasteiger partial charge in [-0.25, -0.2) is 0 Å². The van der Waals surface area contributed by atoms with Crippen molar-refractivity contribution in [3.05, 3.63) is 0 Å². The van der Waals surface area contributed by atoms with E-state index in [4.69, 9.17) is 4.74 Å². The fourth-order valence-electron chi connectivity index (χ4n) is 2.35. The number of hydrogen-bond donors (Lipinski definition) is 1. The molecule has 1 aliphatic heterocycles. The molecule has 0 bridgehead atoms. The highest BCUT2D eigenvalue weighted by molar-refractivity contribution is 5.76. The second-order valence-electron chi connectivity index (χ2n) is 5.23. The molecule has 1 unspecified atom stereocenters. The number of amides is 1. The van der Waals surface area contributed by atoms with Crippen LogP contribution in [0.2, 0.25) is 0 Å². The largest absolute Gasteiger partial charge is 0.384 e. The van der Waals surface area contributed by atoms with E-state index in [2.05, 4.69) is 12.2 Å². The Morgan fingerprint density at radius 1 is 1.47 bits per heavy atom. The van der Waals surface area contributed by atoms with Gasteiger partial charge in [0, 0.05) is 33.7 Å². The normalized spacial score (nSPS) is 19.0. The number of nitrogens with one attached hydrogen (secondary N) is 1. The molecule has 0 aromatic heterocycles. The Balaban J connectivity index is 2.25. The van der Waals surface area contributed by atoms with Crippen LogP contribution in [0.25, 0.3) is 0 Å². The van der Waals surface area contributed by atoms with Crippen LogP contribution < -0.4 is 5.32 Å². The molecule has 4 nitrogen and oxygen atoms in total. The van der Waals surface area contributed by atoms with Crippen LogP contribution >= 0.6 is 0 Å². The fourth-order valence-corrected chi connectivity index (χ4v) is 2.35. The minimum absolute atomic E-state index is 0.244. The van der Waals surface area contributed by atoms with Crippen molar-refractivity contribution in [2.24, 2.45) is 11.8 Å². The number of ether oxygens (including phenoxy) is 1. The van der Waals surface area contributed by atoms with Crippen molar-refractivity contribution in [1.29, 1.82) is 0 Å². The maximum absolute atomic E-state index is 12.0. The number of hydrogen-bond acceptors (Lipinski definition) is 3. The van der Waals surface area contributed by atoms with E-state index in [1.807, 2.05) is 11.9 Å². The van der Waals surface area contributed by atoms with Crippen LogP contribution in [0.3, 0.4) is 0 Å². The van der Waals surface area contributed by atoms with Crippen molar-refractivity contribution in [2.75, 3.05) is 40.4 Å². The van der Waals surface area contributed by atoms with Crippen LogP contribution in [0.1, 0.15) is 26.2 Å². The lowest BCUT2D eigenvalue weighted by molar-refractivity contribution is -0.131. The maximum Gasteiger partial charge on any atom is 0.222 e. The number of methoxy groups -OCH3 is 1. The van der Waals surface area contributed by atoms with E-state index >= 15 is 0 Å². The van der Waals surface area contributed by atoms with E-state index in [9.17, 15) is 4.79 Å². The van der Waals surface area contributed by atoms with Crippen molar-refractivity contribution in [1.82, 2.24) is 10.2 Å². The minimum Gasteiger partial charge on any atom is -0.384 e. The standard InChI is InChI=1S/C13H26N2O2/c1-11(10-17-3)8-13(16)15(2)9-12-4-6-14-7-5-12/h11-12,14H,4-10H2,1-3H3. The van der Waals surface area contributed by atoms with Gasteiger partial charge in [0.25, 0.3) is 0 Å². The summed E-state index contributed by atoms with van der Waals surface area (Å²) in [5.41, 5.74) is 0. The lowest BCUT2D eigenvalue weighted by Gasteiger charge is -2.28. The fraction of sp³-hybridized carbons (Fsp3) is 0.923. The topological polar surface area (TPSA) is 41.6 Å². The number of nitrogens with zero attached hydrogens (tertiary/aromatic N) is 1. The van der Waals surface area contributed by atoms with Crippen LogP contribution in [0.15, 0.2) is 0 Å². The summed E-state index contributed by atoms with van der Waals surface area (Å²) < 4.78 is 5.06. The van der Waals surface area contributed by atoms with Gasteiger partial charge in [0.15, 0.2) is 0 Å². The summed E-state index contributed by atoms with van der Waals surface area (Å²) in [5.74, 6) is 1.22. The summed E-state index contributed by atoms with van der Waals surface area (Å²) in [6, 6.07) is 0. The third kappa shape index (κ3) is 5.50. The van der Waals surface area contributed by atoms with Gasteiger partial charge in [0.05, 0.1) is 0 Å². The monoisotopic (exact) mass is 242 g/mol. The number of piperidine rings is 1. The third-order valence-electron chi connectivity index (χ3n) is 3.39. The van der Waals surface area contributed by atoms with Gasteiger partial charge in [-0.05, 0) is 37.8 Å². The van der Waals surface area contributed by atoms with Gasteiger partial charge in [-0.15, -0.1) is 0 Å². The highest BCUT2D eigenvalue weighted by atomic mass is 16.5. The predicted octanol–water partition coefficient (Wildman–Crippen LogP) is 1.12. The second-order valence-corrected chi connectivity index (χ2v) is 5.23. The SMILES string of the molecule is COCC(C)CC(=O)N(C)CC1CCNCC1. The zero-order valence-electron chi connectivity index (χ0n) is 11.4. The van der Waals surface area contributed by atoms with E-state index in [1.165, 1.54) is 12.8 Å².